The standard InChI is InChI=1S/C25H30BrN3O/c1-18-17-23(19(2)16-22(18)26)29(24(27-3)10-8-20-6-4-5-7-20)25(30)11-9-21-12-14-28-15-13-21/h8,10,16-17,21,28H,3-7,12-15H2,1-2H3/b24-10+. The van der Waals surface area contributed by atoms with Gasteiger partial charge in [-0.25, -0.2) is 4.99 Å². The van der Waals surface area contributed by atoms with Crippen LogP contribution in [0.3, 0.4) is 0 Å². The number of carbonyl (C=O) groups is 1. The molecule has 1 aliphatic heterocycles. The molecule has 0 aromatic heterocycles. The first-order valence-corrected chi connectivity index (χ1v) is 11.5. The fourth-order valence-corrected chi connectivity index (χ4v) is 4.37. The normalized spacial score (nSPS) is 17.3. The van der Waals surface area contributed by atoms with E-state index in [1.54, 1.807) is 4.90 Å². The van der Waals surface area contributed by atoms with Gasteiger partial charge < -0.3 is 5.32 Å². The summed E-state index contributed by atoms with van der Waals surface area (Å²) in [6, 6.07) is 4.03. The van der Waals surface area contributed by atoms with Gasteiger partial charge >= 0.3 is 5.91 Å². The lowest BCUT2D eigenvalue weighted by atomic mass is 9.99. The lowest BCUT2D eigenvalue weighted by molar-refractivity contribution is -0.113. The second-order valence-electron chi connectivity index (χ2n) is 8.04. The highest BCUT2D eigenvalue weighted by Gasteiger charge is 2.21. The lowest BCUT2D eigenvalue weighted by Gasteiger charge is -2.23. The Bertz CT molecular complexity index is 922. The monoisotopic (exact) mass is 467 g/mol. The summed E-state index contributed by atoms with van der Waals surface area (Å²) in [5.74, 6) is 6.62. The maximum Gasteiger partial charge on any atom is 0.308 e. The van der Waals surface area contributed by atoms with Crippen LogP contribution in [0.25, 0.3) is 0 Å². The van der Waals surface area contributed by atoms with Gasteiger partial charge in [0.2, 0.25) is 0 Å². The zero-order valence-corrected chi connectivity index (χ0v) is 19.5. The molecule has 1 saturated heterocycles. The van der Waals surface area contributed by atoms with Crippen molar-refractivity contribution in [3.8, 4) is 11.8 Å². The maximum atomic E-state index is 13.3. The molecule has 1 N–H and O–H groups in total. The van der Waals surface area contributed by atoms with Gasteiger partial charge in [-0.2, -0.15) is 0 Å². The molecule has 158 valence electrons. The van der Waals surface area contributed by atoms with Gasteiger partial charge in [-0.15, -0.1) is 0 Å². The molecule has 5 heteroatoms. The molecule has 0 unspecified atom stereocenters. The molecule has 1 heterocycles. The highest BCUT2D eigenvalue weighted by atomic mass is 79.9. The van der Waals surface area contributed by atoms with E-state index in [4.69, 9.17) is 0 Å². The van der Waals surface area contributed by atoms with Crippen LogP contribution in [-0.4, -0.2) is 25.7 Å². The molecule has 0 atom stereocenters. The third-order valence-corrected chi connectivity index (χ3v) is 6.60. The fourth-order valence-electron chi connectivity index (χ4n) is 3.92. The summed E-state index contributed by atoms with van der Waals surface area (Å²) in [4.78, 5) is 19.1. The summed E-state index contributed by atoms with van der Waals surface area (Å²) in [5, 5.41) is 3.33. The molecule has 0 bridgehead atoms. The summed E-state index contributed by atoms with van der Waals surface area (Å²) in [6.07, 6.45) is 10.6. The molecule has 30 heavy (non-hydrogen) atoms. The Hall–Kier alpha value is -2.16. The zero-order chi connectivity index (χ0) is 21.5. The summed E-state index contributed by atoms with van der Waals surface area (Å²) in [7, 11) is 0. The minimum Gasteiger partial charge on any atom is -0.317 e. The van der Waals surface area contributed by atoms with Gasteiger partial charge in [0, 0.05) is 10.4 Å². The molecule has 1 saturated carbocycles. The number of allylic oxidation sites excluding steroid dienone is 3. The third-order valence-electron chi connectivity index (χ3n) is 5.75. The summed E-state index contributed by atoms with van der Waals surface area (Å²) in [5.41, 5.74) is 4.22. The van der Waals surface area contributed by atoms with Crippen molar-refractivity contribution >= 4 is 34.2 Å². The highest BCUT2D eigenvalue weighted by Crippen LogP contribution is 2.31. The van der Waals surface area contributed by atoms with Gasteiger partial charge in [-0.05, 0) is 107 Å². The Morgan fingerprint density at radius 1 is 1.23 bits per heavy atom. The average molecular weight is 468 g/mol. The second-order valence-corrected chi connectivity index (χ2v) is 8.89. The maximum absolute atomic E-state index is 13.3. The number of rotatable bonds is 4. The minimum absolute atomic E-state index is 0.259. The van der Waals surface area contributed by atoms with Gasteiger partial charge in [0.1, 0.15) is 5.82 Å². The number of aryl methyl sites for hydroxylation is 2. The molecule has 3 rings (SSSR count). The molecule has 1 aromatic rings. The predicted molar refractivity (Wildman–Crippen MR) is 129 cm³/mol. The summed E-state index contributed by atoms with van der Waals surface area (Å²) < 4.78 is 1.02. The quantitative estimate of drug-likeness (QED) is 0.472. The highest BCUT2D eigenvalue weighted by molar-refractivity contribution is 9.10. The number of hydrogen-bond donors (Lipinski definition) is 1. The lowest BCUT2D eigenvalue weighted by Crippen LogP contribution is -2.30. The topological polar surface area (TPSA) is 44.7 Å². The first-order chi connectivity index (χ1) is 14.5. The summed E-state index contributed by atoms with van der Waals surface area (Å²) >= 11 is 3.58. The van der Waals surface area contributed by atoms with Crippen molar-refractivity contribution in [2.45, 2.75) is 52.4 Å². The number of hydrogen-bond acceptors (Lipinski definition) is 3. The molecular formula is C25H30BrN3O. The Kier molecular flexibility index (Phi) is 8.07. The van der Waals surface area contributed by atoms with Crippen LogP contribution >= 0.6 is 15.9 Å². The van der Waals surface area contributed by atoms with E-state index in [9.17, 15) is 4.79 Å². The van der Waals surface area contributed by atoms with Gasteiger partial charge in [0.05, 0.1) is 5.69 Å². The van der Waals surface area contributed by atoms with Crippen molar-refractivity contribution < 1.29 is 4.79 Å². The Balaban J connectivity index is 1.99. The van der Waals surface area contributed by atoms with Crippen LogP contribution in [0.1, 0.15) is 49.7 Å². The molecule has 1 amide bonds. The molecule has 4 nitrogen and oxygen atoms in total. The van der Waals surface area contributed by atoms with E-state index in [0.29, 0.717) is 5.82 Å². The molecular weight excluding hydrogens is 438 g/mol. The fraction of sp³-hybridized carbons (Fsp3) is 0.440. The number of nitrogens with one attached hydrogen (secondary N) is 1. The molecule has 0 spiro atoms. The smallest absolute Gasteiger partial charge is 0.308 e. The number of aliphatic imine (C=N–C) groups is 1. The van der Waals surface area contributed by atoms with Crippen LogP contribution in [0.5, 0.6) is 0 Å². The van der Waals surface area contributed by atoms with Crippen molar-refractivity contribution in [3.63, 3.8) is 0 Å². The Labute approximate surface area is 188 Å². The molecule has 2 aliphatic rings. The van der Waals surface area contributed by atoms with Crippen molar-refractivity contribution in [3.05, 3.63) is 51.3 Å². The number of nitrogens with zero attached hydrogens (tertiary/aromatic N) is 2. The van der Waals surface area contributed by atoms with E-state index >= 15 is 0 Å². The van der Waals surface area contributed by atoms with E-state index < -0.39 is 0 Å². The van der Waals surface area contributed by atoms with Gasteiger partial charge in [-0.1, -0.05) is 33.5 Å². The van der Waals surface area contributed by atoms with E-state index in [2.05, 4.69) is 50.9 Å². The molecule has 0 radical (unpaired) electrons. The van der Waals surface area contributed by atoms with E-state index in [0.717, 1.165) is 60.1 Å². The molecule has 1 aliphatic carbocycles. The number of halogens is 1. The minimum atomic E-state index is -0.262. The third kappa shape index (κ3) is 5.71. The van der Waals surface area contributed by atoms with Crippen molar-refractivity contribution in [1.29, 1.82) is 0 Å². The number of piperidine rings is 1. The number of benzene rings is 1. The van der Waals surface area contributed by atoms with E-state index in [1.165, 1.54) is 18.4 Å². The summed E-state index contributed by atoms with van der Waals surface area (Å²) in [6.45, 7) is 9.67. The Morgan fingerprint density at radius 2 is 1.93 bits per heavy atom. The first-order valence-electron chi connectivity index (χ1n) is 10.7. The van der Waals surface area contributed by atoms with Crippen LogP contribution in [0.2, 0.25) is 0 Å². The van der Waals surface area contributed by atoms with E-state index in [-0.39, 0.29) is 11.8 Å². The predicted octanol–water partition coefficient (Wildman–Crippen LogP) is 5.44. The van der Waals surface area contributed by atoms with Gasteiger partial charge in [0.15, 0.2) is 0 Å². The van der Waals surface area contributed by atoms with Crippen LogP contribution in [0.15, 0.2) is 45.1 Å². The van der Waals surface area contributed by atoms with Crippen molar-refractivity contribution in [1.82, 2.24) is 5.32 Å². The average Bonchev–Trinajstić information content (AvgIpc) is 3.27. The van der Waals surface area contributed by atoms with Gasteiger partial charge in [0.25, 0.3) is 0 Å². The number of amides is 1. The zero-order valence-electron chi connectivity index (χ0n) is 17.9. The molecule has 1 aromatic carbocycles. The number of carbonyl (C=O) groups excluding carboxylic acids is 1. The molecule has 2 fully saturated rings. The Morgan fingerprint density at radius 3 is 2.60 bits per heavy atom. The van der Waals surface area contributed by atoms with Gasteiger partial charge in [-0.3, -0.25) is 9.69 Å². The van der Waals surface area contributed by atoms with Crippen LogP contribution in [-0.2, 0) is 4.79 Å². The van der Waals surface area contributed by atoms with Crippen LogP contribution < -0.4 is 10.2 Å². The van der Waals surface area contributed by atoms with Crippen molar-refractivity contribution in [2.75, 3.05) is 18.0 Å². The van der Waals surface area contributed by atoms with Crippen LogP contribution in [0.4, 0.5) is 5.69 Å². The second kappa shape index (κ2) is 10.7. The number of anilines is 1. The van der Waals surface area contributed by atoms with Crippen LogP contribution in [0, 0.1) is 31.6 Å². The SMILES string of the molecule is C=N/C(=C\C=C1CCCC1)N(C(=O)C#CC1CCNCC1)c1cc(C)c(Br)cc1C. The van der Waals surface area contributed by atoms with Crippen molar-refractivity contribution in [2.24, 2.45) is 10.9 Å². The van der Waals surface area contributed by atoms with E-state index in [1.807, 2.05) is 32.1 Å². The first kappa shape index (κ1) is 22.5. The largest absolute Gasteiger partial charge is 0.317 e.